The molecule has 2 atom stereocenters. The topological polar surface area (TPSA) is 74.3 Å². The average Bonchev–Trinajstić information content (AvgIpc) is 3.35. The molecule has 32 heavy (non-hydrogen) atoms. The summed E-state index contributed by atoms with van der Waals surface area (Å²) >= 11 is 7.64. The lowest BCUT2D eigenvalue weighted by atomic mass is 9.99. The molecule has 1 aliphatic carbocycles. The van der Waals surface area contributed by atoms with Gasteiger partial charge in [-0.2, -0.15) is 0 Å². The van der Waals surface area contributed by atoms with Crippen LogP contribution in [0.5, 0.6) is 0 Å². The van der Waals surface area contributed by atoms with Crippen molar-refractivity contribution in [1.82, 2.24) is 9.88 Å². The van der Waals surface area contributed by atoms with E-state index in [2.05, 4.69) is 32.1 Å². The van der Waals surface area contributed by atoms with Gasteiger partial charge < -0.3 is 10.2 Å². The number of hydrogen-bond acceptors (Lipinski definition) is 6. The molecule has 168 valence electrons. The number of thiazole rings is 1. The van der Waals surface area contributed by atoms with Crippen molar-refractivity contribution < 1.29 is 12.8 Å². The molecular weight excluding hydrogens is 471 g/mol. The second-order valence-corrected chi connectivity index (χ2v) is 10.9. The minimum Gasteiger partial charge on any atom is -0.377 e. The molecule has 0 radical (unpaired) electrons. The van der Waals surface area contributed by atoms with Crippen molar-refractivity contribution in [2.45, 2.75) is 29.7 Å². The van der Waals surface area contributed by atoms with E-state index >= 15 is 0 Å². The van der Waals surface area contributed by atoms with Gasteiger partial charge in [0.1, 0.15) is 10.7 Å². The zero-order valence-electron chi connectivity index (χ0n) is 17.1. The number of hydrogen-bond donors (Lipinski definition) is 2. The monoisotopic (exact) mass is 492 g/mol. The van der Waals surface area contributed by atoms with E-state index in [1.54, 1.807) is 0 Å². The van der Waals surface area contributed by atoms with E-state index in [9.17, 15) is 12.8 Å². The summed E-state index contributed by atoms with van der Waals surface area (Å²) in [7, 11) is -4.15. The fourth-order valence-electron chi connectivity index (χ4n) is 4.41. The Morgan fingerprint density at radius 2 is 2.00 bits per heavy atom. The molecular formula is C22H22ClFN4O2S2. The first-order valence-electron chi connectivity index (χ1n) is 10.4. The van der Waals surface area contributed by atoms with Gasteiger partial charge in [0.2, 0.25) is 0 Å². The molecule has 0 saturated carbocycles. The number of likely N-dealkylation sites (tertiary alicyclic amines) is 1. The molecule has 1 aromatic heterocycles. The van der Waals surface area contributed by atoms with Crippen LogP contribution >= 0.6 is 22.9 Å². The standard InChI is InChI=1S/C22H22ClFN4O2S2/c23-17-9-21(32(29,30)27-22-12-31-13-25-22)18(24)10-20(17)26-19-8-14(11-28-6-3-7-28)15-4-1-2-5-16(15)19/h1-2,4-5,9-10,12-14,19,26-27H,3,6-8,11H2/t14?,19-/m1/s1. The van der Waals surface area contributed by atoms with Crippen LogP contribution < -0.4 is 10.0 Å². The fraction of sp³-hybridized carbons (Fsp3) is 0.318. The number of halogens is 2. The van der Waals surface area contributed by atoms with E-state index < -0.39 is 20.7 Å². The molecule has 1 saturated heterocycles. The first-order valence-corrected chi connectivity index (χ1v) is 13.2. The number of aromatic nitrogens is 1. The summed E-state index contributed by atoms with van der Waals surface area (Å²) in [6, 6.07) is 10.6. The van der Waals surface area contributed by atoms with Gasteiger partial charge in [-0.3, -0.25) is 4.72 Å². The van der Waals surface area contributed by atoms with Gasteiger partial charge in [-0.15, -0.1) is 11.3 Å². The van der Waals surface area contributed by atoms with Gasteiger partial charge in [0.25, 0.3) is 10.0 Å². The normalized spacial score (nSPS) is 20.6. The highest BCUT2D eigenvalue weighted by Crippen LogP contribution is 2.44. The van der Waals surface area contributed by atoms with Crippen LogP contribution in [0.3, 0.4) is 0 Å². The van der Waals surface area contributed by atoms with E-state index in [1.165, 1.54) is 39.8 Å². The maximum Gasteiger partial charge on any atom is 0.266 e. The molecule has 6 nitrogen and oxygen atoms in total. The molecule has 1 unspecified atom stereocenters. The smallest absolute Gasteiger partial charge is 0.266 e. The maximum absolute atomic E-state index is 14.9. The molecule has 0 amide bonds. The minimum atomic E-state index is -4.15. The zero-order chi connectivity index (χ0) is 22.3. The third-order valence-corrected chi connectivity index (χ3v) is 8.34. The third kappa shape index (κ3) is 4.22. The van der Waals surface area contributed by atoms with Crippen LogP contribution in [0.15, 0.2) is 52.2 Å². The number of sulfonamides is 1. The minimum absolute atomic E-state index is 0.0232. The molecule has 5 rings (SSSR count). The number of nitrogens with zero attached hydrogens (tertiary/aromatic N) is 2. The Bertz CT molecular complexity index is 1230. The van der Waals surface area contributed by atoms with Gasteiger partial charge in [0, 0.05) is 11.9 Å². The van der Waals surface area contributed by atoms with Crippen molar-refractivity contribution in [2.75, 3.05) is 29.7 Å². The number of fused-ring (bicyclic) bond motifs is 1. The van der Waals surface area contributed by atoms with Crippen molar-refractivity contribution in [3.8, 4) is 0 Å². The largest absolute Gasteiger partial charge is 0.377 e. The lowest BCUT2D eigenvalue weighted by Crippen LogP contribution is -2.39. The Morgan fingerprint density at radius 3 is 2.69 bits per heavy atom. The Labute approximate surface area is 195 Å². The van der Waals surface area contributed by atoms with Crippen LogP contribution in [0.25, 0.3) is 0 Å². The van der Waals surface area contributed by atoms with Crippen LogP contribution in [0.1, 0.15) is 35.9 Å². The second-order valence-electron chi connectivity index (χ2n) is 8.15. The molecule has 2 N–H and O–H groups in total. The molecule has 0 bridgehead atoms. The lowest BCUT2D eigenvalue weighted by molar-refractivity contribution is 0.168. The second kappa shape index (κ2) is 8.62. The van der Waals surface area contributed by atoms with Crippen molar-refractivity contribution in [3.05, 3.63) is 69.3 Å². The van der Waals surface area contributed by atoms with Crippen molar-refractivity contribution in [1.29, 1.82) is 0 Å². The highest BCUT2D eigenvalue weighted by Gasteiger charge is 2.33. The molecule has 2 aliphatic rings. The van der Waals surface area contributed by atoms with E-state index in [1.807, 2.05) is 12.1 Å². The summed E-state index contributed by atoms with van der Waals surface area (Å²) in [5, 5.41) is 5.03. The number of benzene rings is 2. The molecule has 1 fully saturated rings. The van der Waals surface area contributed by atoms with Crippen molar-refractivity contribution >= 4 is 44.5 Å². The van der Waals surface area contributed by atoms with E-state index in [4.69, 9.17) is 11.6 Å². The Morgan fingerprint density at radius 1 is 1.22 bits per heavy atom. The van der Waals surface area contributed by atoms with E-state index in [0.29, 0.717) is 11.6 Å². The first-order chi connectivity index (χ1) is 15.4. The zero-order valence-corrected chi connectivity index (χ0v) is 19.5. The molecule has 2 aromatic carbocycles. The quantitative estimate of drug-likeness (QED) is 0.481. The van der Waals surface area contributed by atoms with Gasteiger partial charge in [0.05, 0.1) is 22.3 Å². The summed E-state index contributed by atoms with van der Waals surface area (Å²) in [5.41, 5.74) is 4.35. The number of anilines is 2. The predicted molar refractivity (Wildman–Crippen MR) is 126 cm³/mol. The van der Waals surface area contributed by atoms with Crippen molar-refractivity contribution in [2.24, 2.45) is 0 Å². The SMILES string of the molecule is O=S(=O)(Nc1cscn1)c1cc(Cl)c(N[C@@H]2CC(CN3CCC3)c3ccccc32)cc1F. The molecule has 2 heterocycles. The predicted octanol–water partition coefficient (Wildman–Crippen LogP) is 5.08. The number of nitrogens with one attached hydrogen (secondary N) is 2. The first kappa shape index (κ1) is 21.6. The fourth-order valence-corrected chi connectivity index (χ4v) is 6.34. The maximum atomic E-state index is 14.9. The Kier molecular flexibility index (Phi) is 5.83. The van der Waals surface area contributed by atoms with Crippen LogP contribution in [-0.2, 0) is 10.0 Å². The average molecular weight is 493 g/mol. The van der Waals surface area contributed by atoms with Crippen LogP contribution in [0.2, 0.25) is 5.02 Å². The lowest BCUT2D eigenvalue weighted by Gasteiger charge is -2.33. The van der Waals surface area contributed by atoms with Gasteiger partial charge in [-0.25, -0.2) is 17.8 Å². The van der Waals surface area contributed by atoms with Crippen LogP contribution in [-0.4, -0.2) is 37.9 Å². The Hall–Kier alpha value is -2.20. The van der Waals surface area contributed by atoms with Gasteiger partial charge >= 0.3 is 0 Å². The van der Waals surface area contributed by atoms with Gasteiger partial charge in [-0.1, -0.05) is 35.9 Å². The summed E-state index contributed by atoms with van der Waals surface area (Å²) in [4.78, 5) is 5.82. The molecule has 3 aromatic rings. The Balaban J connectivity index is 1.38. The highest BCUT2D eigenvalue weighted by atomic mass is 35.5. The van der Waals surface area contributed by atoms with Gasteiger partial charge in [0.15, 0.2) is 5.82 Å². The number of rotatable bonds is 7. The summed E-state index contributed by atoms with van der Waals surface area (Å²) in [5.74, 6) is -0.332. The van der Waals surface area contributed by atoms with Crippen LogP contribution in [0.4, 0.5) is 15.9 Å². The van der Waals surface area contributed by atoms with Crippen molar-refractivity contribution in [3.63, 3.8) is 0 Å². The summed E-state index contributed by atoms with van der Waals surface area (Å²) < 4.78 is 42.4. The summed E-state index contributed by atoms with van der Waals surface area (Å²) in [6.45, 7) is 3.29. The molecule has 0 spiro atoms. The molecule has 10 heteroatoms. The van der Waals surface area contributed by atoms with Crippen LogP contribution in [0, 0.1) is 5.82 Å². The molecule has 1 aliphatic heterocycles. The van der Waals surface area contributed by atoms with E-state index in [0.717, 1.165) is 38.2 Å². The highest BCUT2D eigenvalue weighted by molar-refractivity contribution is 7.92. The summed E-state index contributed by atoms with van der Waals surface area (Å²) in [6.07, 6.45) is 2.12. The van der Waals surface area contributed by atoms with Gasteiger partial charge in [-0.05, 0) is 55.1 Å². The third-order valence-electron chi connectivity index (χ3n) is 6.07. The van der Waals surface area contributed by atoms with E-state index in [-0.39, 0.29) is 16.9 Å².